The Labute approximate surface area is 78.6 Å². The van der Waals surface area contributed by atoms with Crippen molar-refractivity contribution in [3.63, 3.8) is 0 Å². The van der Waals surface area contributed by atoms with Gasteiger partial charge in [-0.15, -0.1) is 0 Å². The number of hydrogen-bond donors (Lipinski definition) is 1. The summed E-state index contributed by atoms with van der Waals surface area (Å²) < 4.78 is 5.57. The molecule has 1 heterocycles. The van der Waals surface area contributed by atoms with E-state index >= 15 is 0 Å². The number of ether oxygens (including phenoxy) is 1. The van der Waals surface area contributed by atoms with Crippen LogP contribution in [-0.4, -0.2) is 17.5 Å². The summed E-state index contributed by atoms with van der Waals surface area (Å²) in [4.78, 5) is 0. The monoisotopic (exact) mass is 180 g/mol. The van der Waals surface area contributed by atoms with Crippen LogP contribution in [0.1, 0.15) is 32.6 Å². The van der Waals surface area contributed by atoms with Gasteiger partial charge in [0.05, 0.1) is 6.10 Å². The minimum atomic E-state index is -0.474. The molecule has 2 aliphatic carbocycles. The maximum absolute atomic E-state index is 9.69. The molecule has 4 atom stereocenters. The van der Waals surface area contributed by atoms with E-state index in [1.807, 2.05) is 0 Å². The standard InChI is InChI=1S/C11H16O2/c1-6-2-3-8-10-7(6)4-5-9(10)13-11(8)12/h8-12H,2-5H2,1H3/t8-,9+,10+,11?/m1/s1. The molecule has 0 aromatic heterocycles. The summed E-state index contributed by atoms with van der Waals surface area (Å²) in [5.41, 5.74) is 3.18. The first-order chi connectivity index (χ1) is 6.27. The first-order valence-electron chi connectivity index (χ1n) is 5.29. The molecule has 0 amide bonds. The molecule has 72 valence electrons. The molecule has 3 aliphatic rings. The van der Waals surface area contributed by atoms with Gasteiger partial charge in [0, 0.05) is 11.8 Å². The predicted molar refractivity (Wildman–Crippen MR) is 49.0 cm³/mol. The Hall–Kier alpha value is -0.340. The molecule has 1 N–H and O–H groups in total. The van der Waals surface area contributed by atoms with Crippen molar-refractivity contribution in [2.75, 3.05) is 0 Å². The van der Waals surface area contributed by atoms with Gasteiger partial charge in [0.15, 0.2) is 6.29 Å². The summed E-state index contributed by atoms with van der Waals surface area (Å²) in [5.74, 6) is 0.981. The Morgan fingerprint density at radius 1 is 1.31 bits per heavy atom. The van der Waals surface area contributed by atoms with Gasteiger partial charge in [-0.25, -0.2) is 0 Å². The molecule has 2 nitrogen and oxygen atoms in total. The number of allylic oxidation sites excluding steroid dienone is 1. The third-order valence-corrected chi connectivity index (χ3v) is 4.04. The van der Waals surface area contributed by atoms with Gasteiger partial charge in [-0.1, -0.05) is 11.1 Å². The van der Waals surface area contributed by atoms with Gasteiger partial charge < -0.3 is 9.84 Å². The summed E-state index contributed by atoms with van der Waals surface area (Å²) in [6.07, 6.45) is 4.50. The molecular weight excluding hydrogens is 164 g/mol. The second kappa shape index (κ2) is 2.58. The lowest BCUT2D eigenvalue weighted by Gasteiger charge is -2.27. The third kappa shape index (κ3) is 0.960. The van der Waals surface area contributed by atoms with Crippen LogP contribution in [0.4, 0.5) is 0 Å². The fraction of sp³-hybridized carbons (Fsp3) is 0.818. The van der Waals surface area contributed by atoms with Crippen molar-refractivity contribution >= 4 is 0 Å². The Bertz CT molecular complexity index is 269. The average Bonchev–Trinajstić information content (AvgIpc) is 2.61. The van der Waals surface area contributed by atoms with Crippen molar-refractivity contribution in [1.82, 2.24) is 0 Å². The van der Waals surface area contributed by atoms with Crippen molar-refractivity contribution in [3.8, 4) is 0 Å². The second-order valence-electron chi connectivity index (χ2n) is 4.64. The van der Waals surface area contributed by atoms with Crippen molar-refractivity contribution in [2.24, 2.45) is 11.8 Å². The maximum atomic E-state index is 9.69. The van der Waals surface area contributed by atoms with Crippen LogP contribution in [0, 0.1) is 11.8 Å². The van der Waals surface area contributed by atoms with E-state index in [1.165, 1.54) is 12.8 Å². The molecule has 3 rings (SSSR count). The average molecular weight is 180 g/mol. The van der Waals surface area contributed by atoms with Gasteiger partial charge in [0.25, 0.3) is 0 Å². The molecule has 0 aromatic rings. The second-order valence-corrected chi connectivity index (χ2v) is 4.64. The molecule has 2 heteroatoms. The highest BCUT2D eigenvalue weighted by Gasteiger charge is 2.50. The van der Waals surface area contributed by atoms with Crippen molar-refractivity contribution in [3.05, 3.63) is 11.1 Å². The van der Waals surface area contributed by atoms with E-state index in [0.717, 1.165) is 12.8 Å². The zero-order chi connectivity index (χ0) is 9.00. The first kappa shape index (κ1) is 8.01. The van der Waals surface area contributed by atoms with Crippen LogP contribution in [0.15, 0.2) is 11.1 Å². The van der Waals surface area contributed by atoms with Crippen LogP contribution in [-0.2, 0) is 4.74 Å². The third-order valence-electron chi connectivity index (χ3n) is 4.04. The Kier molecular flexibility index (Phi) is 1.59. The zero-order valence-corrected chi connectivity index (χ0v) is 7.99. The number of aliphatic hydroxyl groups excluding tert-OH is 1. The quantitative estimate of drug-likeness (QED) is 0.576. The highest BCUT2D eigenvalue weighted by Crippen LogP contribution is 2.51. The van der Waals surface area contributed by atoms with Crippen LogP contribution in [0.3, 0.4) is 0 Å². The SMILES string of the molecule is CC1=C2CC[C@@H]3OC(O)[C@H](CC1)[C@H]23. The van der Waals surface area contributed by atoms with Crippen molar-refractivity contribution in [2.45, 2.75) is 45.0 Å². The normalized spacial score (nSPS) is 48.5. The minimum absolute atomic E-state index is 0.338. The molecule has 0 aromatic carbocycles. The number of aliphatic hydroxyl groups is 1. The molecule has 13 heavy (non-hydrogen) atoms. The topological polar surface area (TPSA) is 29.5 Å². The molecule has 1 saturated heterocycles. The summed E-state index contributed by atoms with van der Waals surface area (Å²) in [5, 5.41) is 9.69. The van der Waals surface area contributed by atoms with Crippen LogP contribution >= 0.6 is 0 Å². The van der Waals surface area contributed by atoms with E-state index < -0.39 is 6.29 Å². The van der Waals surface area contributed by atoms with E-state index in [4.69, 9.17) is 4.74 Å². The van der Waals surface area contributed by atoms with Gasteiger partial charge in [0.1, 0.15) is 0 Å². The lowest BCUT2D eigenvalue weighted by atomic mass is 9.77. The van der Waals surface area contributed by atoms with Gasteiger partial charge in [0.2, 0.25) is 0 Å². The lowest BCUT2D eigenvalue weighted by molar-refractivity contribution is -0.109. The maximum Gasteiger partial charge on any atom is 0.158 e. The van der Waals surface area contributed by atoms with Gasteiger partial charge >= 0.3 is 0 Å². The molecule has 0 spiro atoms. The van der Waals surface area contributed by atoms with Crippen molar-refractivity contribution < 1.29 is 9.84 Å². The molecule has 1 aliphatic heterocycles. The molecule has 0 bridgehead atoms. The Morgan fingerprint density at radius 2 is 2.15 bits per heavy atom. The van der Waals surface area contributed by atoms with Crippen LogP contribution in [0.5, 0.6) is 0 Å². The minimum Gasteiger partial charge on any atom is -0.368 e. The highest BCUT2D eigenvalue weighted by molar-refractivity contribution is 5.26. The smallest absolute Gasteiger partial charge is 0.158 e. The van der Waals surface area contributed by atoms with Gasteiger partial charge in [-0.05, 0) is 32.6 Å². The fourth-order valence-corrected chi connectivity index (χ4v) is 3.38. The lowest BCUT2D eigenvalue weighted by Crippen LogP contribution is -2.24. The van der Waals surface area contributed by atoms with E-state index in [-0.39, 0.29) is 0 Å². The number of hydrogen-bond acceptors (Lipinski definition) is 2. The molecule has 0 radical (unpaired) electrons. The molecule has 2 fully saturated rings. The van der Waals surface area contributed by atoms with Crippen LogP contribution < -0.4 is 0 Å². The van der Waals surface area contributed by atoms with Crippen molar-refractivity contribution in [1.29, 1.82) is 0 Å². The molecular formula is C11H16O2. The Morgan fingerprint density at radius 3 is 3.00 bits per heavy atom. The summed E-state index contributed by atoms with van der Waals surface area (Å²) in [6.45, 7) is 2.25. The van der Waals surface area contributed by atoms with Crippen LogP contribution in [0.2, 0.25) is 0 Å². The highest BCUT2D eigenvalue weighted by atomic mass is 16.6. The summed E-state index contributed by atoms with van der Waals surface area (Å²) in [7, 11) is 0. The van der Waals surface area contributed by atoms with E-state index in [9.17, 15) is 5.11 Å². The van der Waals surface area contributed by atoms with E-state index in [0.29, 0.717) is 17.9 Å². The molecule has 1 saturated carbocycles. The first-order valence-corrected chi connectivity index (χ1v) is 5.29. The largest absolute Gasteiger partial charge is 0.368 e. The zero-order valence-electron chi connectivity index (χ0n) is 7.99. The molecule has 1 unspecified atom stereocenters. The van der Waals surface area contributed by atoms with Gasteiger partial charge in [-0.2, -0.15) is 0 Å². The Balaban J connectivity index is 2.02. The predicted octanol–water partition coefficient (Wildman–Crippen LogP) is 1.84. The van der Waals surface area contributed by atoms with Gasteiger partial charge in [-0.3, -0.25) is 0 Å². The number of rotatable bonds is 0. The summed E-state index contributed by atoms with van der Waals surface area (Å²) in [6, 6.07) is 0. The van der Waals surface area contributed by atoms with E-state index in [1.54, 1.807) is 11.1 Å². The van der Waals surface area contributed by atoms with E-state index in [2.05, 4.69) is 6.92 Å². The summed E-state index contributed by atoms with van der Waals surface area (Å²) >= 11 is 0. The van der Waals surface area contributed by atoms with Crippen LogP contribution in [0.25, 0.3) is 0 Å². The fourth-order valence-electron chi connectivity index (χ4n) is 3.38.